The summed E-state index contributed by atoms with van der Waals surface area (Å²) < 4.78 is 39.3. The number of halogens is 1. The van der Waals surface area contributed by atoms with E-state index in [2.05, 4.69) is 0 Å². The highest BCUT2D eigenvalue weighted by Crippen LogP contribution is 2.32. The molecule has 0 bridgehead atoms. The number of nitro groups is 1. The van der Waals surface area contributed by atoms with Gasteiger partial charge >= 0.3 is 0 Å². The second kappa shape index (κ2) is 7.43. The molecule has 3 rings (SSSR count). The molecule has 1 saturated heterocycles. The van der Waals surface area contributed by atoms with Gasteiger partial charge in [0.05, 0.1) is 15.9 Å². The average molecular weight is 392 g/mol. The lowest BCUT2D eigenvalue weighted by atomic mass is 10.1. The zero-order valence-electron chi connectivity index (χ0n) is 14.2. The molecule has 1 aliphatic rings. The molecular formula is C18H17FN2O5S. The van der Waals surface area contributed by atoms with E-state index in [9.17, 15) is 27.7 Å². The number of amides is 1. The molecule has 27 heavy (non-hydrogen) atoms. The Morgan fingerprint density at radius 1 is 1.11 bits per heavy atom. The quantitative estimate of drug-likeness (QED) is 0.591. The lowest BCUT2D eigenvalue weighted by Crippen LogP contribution is -2.34. The van der Waals surface area contributed by atoms with Crippen LogP contribution >= 0.6 is 0 Å². The van der Waals surface area contributed by atoms with Crippen LogP contribution in [0.4, 0.5) is 10.1 Å². The average Bonchev–Trinajstić information content (AvgIpc) is 2.80. The standard InChI is InChI=1S/C18H17FN2O5S/c19-15-7-3-1-5-13(15)17-9-10-20(11-12-27(17,25)26)18(22)14-6-2-4-8-16(14)21(23)24/h1-8,17H,9-12H2. The SMILES string of the molecule is O=C(c1ccccc1[N+](=O)[O-])N1CCC(c2ccccc2F)S(=O)(=O)CC1. The molecule has 2 aromatic rings. The van der Waals surface area contributed by atoms with E-state index in [4.69, 9.17) is 0 Å². The number of hydrogen-bond acceptors (Lipinski definition) is 5. The smallest absolute Gasteiger partial charge is 0.282 e. The van der Waals surface area contributed by atoms with Gasteiger partial charge in [0.15, 0.2) is 9.84 Å². The fourth-order valence-electron chi connectivity index (χ4n) is 3.22. The Morgan fingerprint density at radius 2 is 1.78 bits per heavy atom. The topological polar surface area (TPSA) is 97.6 Å². The van der Waals surface area contributed by atoms with E-state index in [0.29, 0.717) is 0 Å². The van der Waals surface area contributed by atoms with Gasteiger partial charge in [-0.2, -0.15) is 0 Å². The molecule has 0 N–H and O–H groups in total. The second-order valence-electron chi connectivity index (χ2n) is 6.23. The van der Waals surface area contributed by atoms with Crippen molar-refractivity contribution >= 4 is 21.4 Å². The maximum absolute atomic E-state index is 14.1. The highest BCUT2D eigenvalue weighted by molar-refractivity contribution is 7.91. The fourth-order valence-corrected chi connectivity index (χ4v) is 5.02. The minimum Gasteiger partial charge on any atom is -0.337 e. The number of nitrogens with zero attached hydrogens (tertiary/aromatic N) is 2. The number of para-hydroxylation sites is 1. The molecular weight excluding hydrogens is 375 g/mol. The first kappa shape index (κ1) is 19.0. The van der Waals surface area contributed by atoms with Crippen molar-refractivity contribution in [3.8, 4) is 0 Å². The summed E-state index contributed by atoms with van der Waals surface area (Å²) in [5, 5.41) is 10.1. The van der Waals surface area contributed by atoms with Crippen molar-refractivity contribution in [2.45, 2.75) is 11.7 Å². The Labute approximate surface area is 155 Å². The van der Waals surface area contributed by atoms with Gasteiger partial charge in [0.1, 0.15) is 11.4 Å². The predicted molar refractivity (Wildman–Crippen MR) is 96.5 cm³/mol. The van der Waals surface area contributed by atoms with Crippen molar-refractivity contribution in [2.24, 2.45) is 0 Å². The fraction of sp³-hybridized carbons (Fsp3) is 0.278. The molecule has 1 atom stereocenters. The van der Waals surface area contributed by atoms with Gasteiger partial charge in [0.2, 0.25) is 0 Å². The van der Waals surface area contributed by atoms with Gasteiger partial charge in [-0.15, -0.1) is 0 Å². The first-order valence-electron chi connectivity index (χ1n) is 8.30. The highest BCUT2D eigenvalue weighted by Gasteiger charge is 2.35. The van der Waals surface area contributed by atoms with Gasteiger partial charge < -0.3 is 4.90 Å². The molecule has 1 fully saturated rings. The van der Waals surface area contributed by atoms with Crippen LogP contribution in [0.25, 0.3) is 0 Å². The lowest BCUT2D eigenvalue weighted by molar-refractivity contribution is -0.385. The normalized spacial score (nSPS) is 19.3. The van der Waals surface area contributed by atoms with E-state index in [-0.39, 0.29) is 42.1 Å². The van der Waals surface area contributed by atoms with Gasteiger partial charge in [0.25, 0.3) is 11.6 Å². The third kappa shape index (κ3) is 3.82. The Bertz CT molecular complexity index is 993. The van der Waals surface area contributed by atoms with Crippen LogP contribution in [-0.4, -0.2) is 43.0 Å². The van der Waals surface area contributed by atoms with E-state index in [0.717, 1.165) is 0 Å². The molecule has 0 radical (unpaired) electrons. The van der Waals surface area contributed by atoms with Crippen molar-refractivity contribution in [1.29, 1.82) is 0 Å². The van der Waals surface area contributed by atoms with Crippen LogP contribution in [0.2, 0.25) is 0 Å². The van der Waals surface area contributed by atoms with Crippen molar-refractivity contribution < 1.29 is 22.5 Å². The second-order valence-corrected chi connectivity index (χ2v) is 8.54. The Kier molecular flexibility index (Phi) is 5.22. The van der Waals surface area contributed by atoms with Gasteiger partial charge in [0, 0.05) is 24.7 Å². The van der Waals surface area contributed by atoms with Gasteiger partial charge in [-0.3, -0.25) is 14.9 Å². The van der Waals surface area contributed by atoms with E-state index < -0.39 is 31.7 Å². The monoisotopic (exact) mass is 392 g/mol. The van der Waals surface area contributed by atoms with Gasteiger partial charge in [-0.05, 0) is 18.6 Å². The van der Waals surface area contributed by atoms with E-state index in [1.807, 2.05) is 0 Å². The van der Waals surface area contributed by atoms with E-state index in [1.165, 1.54) is 47.4 Å². The summed E-state index contributed by atoms with van der Waals surface area (Å²) in [6.45, 7) is -0.0404. The molecule has 0 aromatic heterocycles. The molecule has 0 aliphatic carbocycles. The molecule has 1 heterocycles. The Balaban J connectivity index is 1.89. The lowest BCUT2D eigenvalue weighted by Gasteiger charge is -2.20. The minimum atomic E-state index is -3.68. The van der Waals surface area contributed by atoms with Gasteiger partial charge in [-0.25, -0.2) is 12.8 Å². The summed E-state index contributed by atoms with van der Waals surface area (Å²) in [4.78, 5) is 24.5. The van der Waals surface area contributed by atoms with Crippen LogP contribution in [0.5, 0.6) is 0 Å². The Morgan fingerprint density at radius 3 is 2.48 bits per heavy atom. The number of carbonyl (C=O) groups is 1. The number of carbonyl (C=O) groups excluding carboxylic acids is 1. The molecule has 142 valence electrons. The van der Waals surface area contributed by atoms with Crippen LogP contribution in [0.1, 0.15) is 27.6 Å². The minimum absolute atomic E-state index is 0.0235. The van der Waals surface area contributed by atoms with Crippen LogP contribution in [-0.2, 0) is 9.84 Å². The number of hydrogen-bond donors (Lipinski definition) is 0. The summed E-state index contributed by atoms with van der Waals surface area (Å²) in [5.74, 6) is -1.55. The summed E-state index contributed by atoms with van der Waals surface area (Å²) in [5.41, 5.74) is -0.345. The molecule has 1 aliphatic heterocycles. The highest BCUT2D eigenvalue weighted by atomic mass is 32.2. The number of sulfone groups is 1. The molecule has 0 saturated carbocycles. The third-order valence-electron chi connectivity index (χ3n) is 4.61. The van der Waals surface area contributed by atoms with Crippen LogP contribution in [0.3, 0.4) is 0 Å². The largest absolute Gasteiger partial charge is 0.337 e. The zero-order chi connectivity index (χ0) is 19.6. The van der Waals surface area contributed by atoms with E-state index in [1.54, 1.807) is 6.07 Å². The summed E-state index contributed by atoms with van der Waals surface area (Å²) in [6.07, 6.45) is 0.0235. The summed E-state index contributed by atoms with van der Waals surface area (Å²) >= 11 is 0. The molecule has 1 unspecified atom stereocenters. The van der Waals surface area contributed by atoms with Gasteiger partial charge in [-0.1, -0.05) is 30.3 Å². The molecule has 1 amide bonds. The van der Waals surface area contributed by atoms with Crippen molar-refractivity contribution in [3.05, 3.63) is 75.6 Å². The van der Waals surface area contributed by atoms with Crippen molar-refractivity contribution in [3.63, 3.8) is 0 Å². The first-order chi connectivity index (χ1) is 12.8. The molecule has 7 nitrogen and oxygen atoms in total. The molecule has 2 aromatic carbocycles. The van der Waals surface area contributed by atoms with Crippen LogP contribution < -0.4 is 0 Å². The number of benzene rings is 2. The van der Waals surface area contributed by atoms with E-state index >= 15 is 0 Å². The summed E-state index contributed by atoms with van der Waals surface area (Å²) in [7, 11) is -3.68. The molecule has 9 heteroatoms. The molecule has 0 spiro atoms. The maximum Gasteiger partial charge on any atom is 0.282 e. The summed E-state index contributed by atoms with van der Waals surface area (Å²) in [6, 6.07) is 11.2. The first-order valence-corrected chi connectivity index (χ1v) is 10.0. The third-order valence-corrected chi connectivity index (χ3v) is 6.72. The van der Waals surface area contributed by atoms with Crippen molar-refractivity contribution in [1.82, 2.24) is 4.90 Å². The number of nitro benzene ring substituents is 1. The predicted octanol–water partition coefficient (Wildman–Crippen LogP) is 2.74. The van der Waals surface area contributed by atoms with Crippen molar-refractivity contribution in [2.75, 3.05) is 18.8 Å². The zero-order valence-corrected chi connectivity index (χ0v) is 15.1. The maximum atomic E-state index is 14.1. The van der Waals surface area contributed by atoms with Crippen LogP contribution in [0.15, 0.2) is 48.5 Å². The number of rotatable bonds is 3. The Hall–Kier alpha value is -2.81. The van der Waals surface area contributed by atoms with Crippen LogP contribution in [0, 0.1) is 15.9 Å².